The fourth-order valence-electron chi connectivity index (χ4n) is 1.84. The van der Waals surface area contributed by atoms with Gasteiger partial charge in [0, 0.05) is 20.1 Å². The van der Waals surface area contributed by atoms with E-state index in [4.69, 9.17) is 4.74 Å². The van der Waals surface area contributed by atoms with Crippen molar-refractivity contribution in [2.75, 3.05) is 13.6 Å². The normalized spacial score (nSPS) is 12.6. The molecule has 0 saturated heterocycles. The second-order valence-electron chi connectivity index (χ2n) is 6.92. The molecule has 2 N–H and O–H groups in total. The largest absolute Gasteiger partial charge is 0.371 e. The Kier molecular flexibility index (Phi) is 7.39. The van der Waals surface area contributed by atoms with E-state index in [1.165, 1.54) is 11.1 Å². The first-order valence-corrected chi connectivity index (χ1v) is 7.96. The predicted molar refractivity (Wildman–Crippen MR) is 94.0 cm³/mol. The molecule has 0 aliphatic heterocycles. The second-order valence-corrected chi connectivity index (χ2v) is 6.92. The van der Waals surface area contributed by atoms with Crippen LogP contribution in [-0.2, 0) is 17.9 Å². The lowest BCUT2D eigenvalue weighted by Gasteiger charge is -2.20. The van der Waals surface area contributed by atoms with E-state index in [0.29, 0.717) is 12.5 Å². The molecule has 0 heterocycles. The van der Waals surface area contributed by atoms with E-state index in [0.717, 1.165) is 19.0 Å². The van der Waals surface area contributed by atoms with Gasteiger partial charge in [-0.05, 0) is 37.8 Å². The maximum atomic E-state index is 5.83. The van der Waals surface area contributed by atoms with E-state index < -0.39 is 0 Å². The molecule has 0 spiro atoms. The Labute approximate surface area is 135 Å². The Morgan fingerprint density at radius 3 is 2.45 bits per heavy atom. The summed E-state index contributed by atoms with van der Waals surface area (Å²) in [5, 5.41) is 6.65. The molecule has 0 aliphatic rings. The smallest absolute Gasteiger partial charge is 0.191 e. The fourth-order valence-corrected chi connectivity index (χ4v) is 1.84. The zero-order chi connectivity index (χ0) is 16.6. The molecule has 124 valence electrons. The van der Waals surface area contributed by atoms with Crippen LogP contribution in [0.4, 0.5) is 0 Å². The number of nitrogens with zero attached hydrogens (tertiary/aromatic N) is 1. The van der Waals surface area contributed by atoms with Gasteiger partial charge in [0.15, 0.2) is 5.96 Å². The van der Waals surface area contributed by atoms with Gasteiger partial charge < -0.3 is 15.4 Å². The Balaban J connectivity index is 2.52. The second kappa shape index (κ2) is 8.79. The van der Waals surface area contributed by atoms with E-state index in [-0.39, 0.29) is 5.60 Å². The molecule has 1 aromatic rings. The highest BCUT2D eigenvalue weighted by molar-refractivity contribution is 5.79. The van der Waals surface area contributed by atoms with E-state index in [1.54, 1.807) is 7.05 Å². The van der Waals surface area contributed by atoms with Crippen LogP contribution in [0.25, 0.3) is 0 Å². The van der Waals surface area contributed by atoms with Gasteiger partial charge in [-0.1, -0.05) is 38.1 Å². The van der Waals surface area contributed by atoms with Gasteiger partial charge in [-0.25, -0.2) is 0 Å². The quantitative estimate of drug-likeness (QED) is 0.626. The number of nitrogens with one attached hydrogen (secondary N) is 2. The van der Waals surface area contributed by atoms with E-state index in [9.17, 15) is 0 Å². The molecular weight excluding hydrogens is 274 g/mol. The Morgan fingerprint density at radius 2 is 1.86 bits per heavy atom. The zero-order valence-electron chi connectivity index (χ0n) is 14.9. The monoisotopic (exact) mass is 305 g/mol. The highest BCUT2D eigenvalue weighted by Crippen LogP contribution is 2.13. The molecule has 4 heteroatoms. The number of aliphatic imine (C=N–C) groups is 1. The molecule has 1 aromatic carbocycles. The van der Waals surface area contributed by atoms with Crippen LogP contribution in [0.15, 0.2) is 29.3 Å². The van der Waals surface area contributed by atoms with Crippen LogP contribution >= 0.6 is 0 Å². The molecule has 22 heavy (non-hydrogen) atoms. The van der Waals surface area contributed by atoms with Crippen molar-refractivity contribution in [2.45, 2.75) is 53.4 Å². The van der Waals surface area contributed by atoms with Crippen LogP contribution in [0.3, 0.4) is 0 Å². The zero-order valence-corrected chi connectivity index (χ0v) is 14.9. The number of guanidine groups is 1. The molecule has 1 rings (SSSR count). The van der Waals surface area contributed by atoms with Gasteiger partial charge in [0.25, 0.3) is 0 Å². The summed E-state index contributed by atoms with van der Waals surface area (Å²) in [5.41, 5.74) is 2.30. The first-order chi connectivity index (χ1) is 10.3. The van der Waals surface area contributed by atoms with Gasteiger partial charge in [-0.3, -0.25) is 4.99 Å². The van der Waals surface area contributed by atoms with Crippen molar-refractivity contribution < 1.29 is 4.74 Å². The molecule has 0 aromatic heterocycles. The summed E-state index contributed by atoms with van der Waals surface area (Å²) in [6.45, 7) is 12.9. The van der Waals surface area contributed by atoms with Crippen LogP contribution in [0.2, 0.25) is 0 Å². The minimum Gasteiger partial charge on any atom is -0.371 e. The molecule has 0 saturated carbocycles. The van der Waals surface area contributed by atoms with Crippen LogP contribution in [0.5, 0.6) is 0 Å². The third-order valence-electron chi connectivity index (χ3n) is 3.02. The van der Waals surface area contributed by atoms with Crippen molar-refractivity contribution in [3.63, 3.8) is 0 Å². The summed E-state index contributed by atoms with van der Waals surface area (Å²) in [4.78, 5) is 4.24. The molecule has 0 atom stereocenters. The number of hydrogen-bond donors (Lipinski definition) is 2. The fraction of sp³-hybridized carbons (Fsp3) is 0.611. The van der Waals surface area contributed by atoms with Crippen molar-refractivity contribution in [2.24, 2.45) is 10.9 Å². The van der Waals surface area contributed by atoms with Crippen molar-refractivity contribution in [1.29, 1.82) is 0 Å². The summed E-state index contributed by atoms with van der Waals surface area (Å²) in [6.07, 6.45) is 0. The van der Waals surface area contributed by atoms with Crippen molar-refractivity contribution in [3.8, 4) is 0 Å². The molecule has 0 unspecified atom stereocenters. The lowest BCUT2D eigenvalue weighted by molar-refractivity contribution is -0.0149. The molecule has 4 nitrogen and oxygen atoms in total. The Hall–Kier alpha value is -1.55. The van der Waals surface area contributed by atoms with Gasteiger partial charge in [0.05, 0.1) is 12.2 Å². The average Bonchev–Trinajstić information content (AvgIpc) is 2.45. The Morgan fingerprint density at radius 1 is 1.18 bits per heavy atom. The van der Waals surface area contributed by atoms with Crippen molar-refractivity contribution >= 4 is 5.96 Å². The summed E-state index contributed by atoms with van der Waals surface area (Å²) in [6, 6.07) is 8.46. The molecule has 0 amide bonds. The minimum absolute atomic E-state index is 0.114. The average molecular weight is 305 g/mol. The lowest BCUT2D eigenvalue weighted by atomic mass is 10.1. The van der Waals surface area contributed by atoms with Crippen LogP contribution in [-0.4, -0.2) is 25.2 Å². The van der Waals surface area contributed by atoms with Gasteiger partial charge >= 0.3 is 0 Å². The first-order valence-electron chi connectivity index (χ1n) is 7.96. The Bertz CT molecular complexity index is 475. The highest BCUT2D eigenvalue weighted by Gasteiger charge is 2.10. The van der Waals surface area contributed by atoms with Gasteiger partial charge in [-0.2, -0.15) is 0 Å². The van der Waals surface area contributed by atoms with Crippen LogP contribution in [0.1, 0.15) is 45.7 Å². The van der Waals surface area contributed by atoms with Crippen molar-refractivity contribution in [3.05, 3.63) is 35.4 Å². The van der Waals surface area contributed by atoms with E-state index in [1.807, 2.05) is 0 Å². The van der Waals surface area contributed by atoms with Crippen LogP contribution in [0, 0.1) is 5.92 Å². The minimum atomic E-state index is -0.114. The summed E-state index contributed by atoms with van der Waals surface area (Å²) < 4.78 is 5.83. The topological polar surface area (TPSA) is 45.7 Å². The summed E-state index contributed by atoms with van der Waals surface area (Å²) >= 11 is 0. The number of rotatable bonds is 6. The lowest BCUT2D eigenvalue weighted by Crippen LogP contribution is -2.38. The highest BCUT2D eigenvalue weighted by atomic mass is 16.5. The summed E-state index contributed by atoms with van der Waals surface area (Å²) in [5.74, 6) is 1.43. The maximum Gasteiger partial charge on any atom is 0.191 e. The van der Waals surface area contributed by atoms with Crippen molar-refractivity contribution in [1.82, 2.24) is 10.6 Å². The SMILES string of the molecule is CN=C(NCc1cccc(COC(C)(C)C)c1)NCC(C)C. The van der Waals surface area contributed by atoms with Gasteiger partial charge in [-0.15, -0.1) is 0 Å². The molecule has 0 fully saturated rings. The third kappa shape index (κ3) is 8.03. The number of ether oxygens (including phenoxy) is 1. The number of hydrogen-bond acceptors (Lipinski definition) is 2. The number of benzene rings is 1. The molecule has 0 bridgehead atoms. The predicted octanol–water partition coefficient (Wildman–Crippen LogP) is 3.32. The molecular formula is C18H31N3O. The van der Waals surface area contributed by atoms with Gasteiger partial charge in [0.1, 0.15) is 0 Å². The van der Waals surface area contributed by atoms with Crippen LogP contribution < -0.4 is 10.6 Å². The van der Waals surface area contributed by atoms with Gasteiger partial charge in [0.2, 0.25) is 0 Å². The molecule has 0 aliphatic carbocycles. The third-order valence-corrected chi connectivity index (χ3v) is 3.02. The standard InChI is InChI=1S/C18H31N3O/c1-14(2)11-20-17(19-6)21-12-15-8-7-9-16(10-15)13-22-18(3,4)5/h7-10,14H,11-13H2,1-6H3,(H2,19,20,21). The maximum absolute atomic E-state index is 5.83. The molecule has 0 radical (unpaired) electrons. The first kappa shape index (κ1) is 18.5. The summed E-state index contributed by atoms with van der Waals surface area (Å²) in [7, 11) is 1.79. The van der Waals surface area contributed by atoms with E-state index in [2.05, 4.69) is 74.5 Å². The van der Waals surface area contributed by atoms with E-state index >= 15 is 0 Å².